The van der Waals surface area contributed by atoms with E-state index in [1.807, 2.05) is 31.7 Å². The lowest BCUT2D eigenvalue weighted by Gasteiger charge is -2.30. The molecule has 128 valence electrons. The molecule has 1 aromatic carbocycles. The average Bonchev–Trinajstić information content (AvgIpc) is 2.59. The zero-order chi connectivity index (χ0) is 16.8. The first-order valence-corrected chi connectivity index (χ1v) is 8.52. The topological polar surface area (TPSA) is 32.8 Å². The zero-order valence-corrected chi connectivity index (χ0v) is 14.3. The lowest BCUT2D eigenvalue weighted by Crippen LogP contribution is -2.37. The van der Waals surface area contributed by atoms with Crippen LogP contribution >= 0.6 is 0 Å². The minimum Gasteiger partial charge on any atom is -0.378 e. The molecule has 4 nitrogen and oxygen atoms in total. The van der Waals surface area contributed by atoms with Gasteiger partial charge in [-0.1, -0.05) is 20.8 Å². The van der Waals surface area contributed by atoms with Crippen molar-refractivity contribution in [2.75, 3.05) is 42.6 Å². The first kappa shape index (κ1) is 17.7. The normalized spacial score (nSPS) is 16.3. The molecule has 1 atom stereocenters. The molecule has 0 aromatic heterocycles. The van der Waals surface area contributed by atoms with Crippen molar-refractivity contribution in [2.45, 2.75) is 33.6 Å². The standard InChI is InChI=1S/C18H27FN2O2/c1-4-8-21(18(22)14(3)5-2)15-6-7-17(16(19)13-15)20-9-11-23-12-10-20/h6-7,13-14H,4-5,8-12H2,1-3H3. The molecule has 1 amide bonds. The van der Waals surface area contributed by atoms with Crippen LogP contribution in [0.15, 0.2) is 18.2 Å². The zero-order valence-electron chi connectivity index (χ0n) is 14.3. The van der Waals surface area contributed by atoms with Crippen molar-refractivity contribution in [2.24, 2.45) is 5.92 Å². The Morgan fingerprint density at radius 3 is 2.61 bits per heavy atom. The number of nitrogens with zero attached hydrogens (tertiary/aromatic N) is 2. The third kappa shape index (κ3) is 4.22. The summed E-state index contributed by atoms with van der Waals surface area (Å²) in [6, 6.07) is 5.12. The van der Waals surface area contributed by atoms with Gasteiger partial charge in [0.05, 0.1) is 18.9 Å². The van der Waals surface area contributed by atoms with Crippen LogP contribution < -0.4 is 9.80 Å². The van der Waals surface area contributed by atoms with Gasteiger partial charge < -0.3 is 14.5 Å². The van der Waals surface area contributed by atoms with E-state index in [4.69, 9.17) is 4.74 Å². The second-order valence-corrected chi connectivity index (χ2v) is 6.03. The highest BCUT2D eigenvalue weighted by Gasteiger charge is 2.22. The summed E-state index contributed by atoms with van der Waals surface area (Å²) in [5.74, 6) is -0.265. The molecule has 1 unspecified atom stereocenters. The number of hydrogen-bond donors (Lipinski definition) is 0. The van der Waals surface area contributed by atoms with Crippen molar-refractivity contribution < 1.29 is 13.9 Å². The van der Waals surface area contributed by atoms with Crippen molar-refractivity contribution >= 4 is 17.3 Å². The van der Waals surface area contributed by atoms with E-state index in [-0.39, 0.29) is 17.6 Å². The number of carbonyl (C=O) groups excluding carboxylic acids is 1. The monoisotopic (exact) mass is 322 g/mol. The molecule has 0 saturated carbocycles. The third-order valence-corrected chi connectivity index (χ3v) is 4.34. The van der Waals surface area contributed by atoms with Gasteiger partial charge in [0.25, 0.3) is 0 Å². The molecule has 1 saturated heterocycles. The van der Waals surface area contributed by atoms with Gasteiger partial charge in [-0.15, -0.1) is 0 Å². The Morgan fingerprint density at radius 2 is 2.04 bits per heavy atom. The largest absolute Gasteiger partial charge is 0.378 e. The van der Waals surface area contributed by atoms with Gasteiger partial charge in [-0.05, 0) is 31.0 Å². The first-order valence-electron chi connectivity index (χ1n) is 8.52. The summed E-state index contributed by atoms with van der Waals surface area (Å²) in [7, 11) is 0. The van der Waals surface area contributed by atoms with Gasteiger partial charge >= 0.3 is 0 Å². The minimum absolute atomic E-state index is 0.0523. The Bertz CT molecular complexity index is 530. The predicted octanol–water partition coefficient (Wildman–Crippen LogP) is 3.45. The van der Waals surface area contributed by atoms with Gasteiger partial charge in [0, 0.05) is 31.2 Å². The molecule has 1 fully saturated rings. The summed E-state index contributed by atoms with van der Waals surface area (Å²) in [4.78, 5) is 16.2. The van der Waals surface area contributed by atoms with E-state index in [2.05, 4.69) is 0 Å². The second-order valence-electron chi connectivity index (χ2n) is 6.03. The smallest absolute Gasteiger partial charge is 0.229 e. The van der Waals surface area contributed by atoms with Gasteiger partial charge in [0.2, 0.25) is 5.91 Å². The lowest BCUT2D eigenvalue weighted by atomic mass is 10.1. The summed E-state index contributed by atoms with van der Waals surface area (Å²) in [6.45, 7) is 9.18. The number of hydrogen-bond acceptors (Lipinski definition) is 3. The summed E-state index contributed by atoms with van der Waals surface area (Å²) in [5, 5.41) is 0. The van der Waals surface area contributed by atoms with E-state index in [1.165, 1.54) is 6.07 Å². The van der Waals surface area contributed by atoms with Crippen LogP contribution in [-0.4, -0.2) is 38.8 Å². The fourth-order valence-corrected chi connectivity index (χ4v) is 2.76. The summed E-state index contributed by atoms with van der Waals surface area (Å²) >= 11 is 0. The Kier molecular flexibility index (Phi) is 6.39. The van der Waals surface area contributed by atoms with E-state index in [9.17, 15) is 9.18 Å². The number of rotatable bonds is 6. The Balaban J connectivity index is 2.23. The van der Waals surface area contributed by atoms with Crippen molar-refractivity contribution in [1.82, 2.24) is 0 Å². The molecule has 5 heteroatoms. The highest BCUT2D eigenvalue weighted by molar-refractivity contribution is 5.95. The van der Waals surface area contributed by atoms with Crippen LogP contribution in [0.2, 0.25) is 0 Å². The van der Waals surface area contributed by atoms with E-state index in [0.29, 0.717) is 44.2 Å². The number of ether oxygens (including phenoxy) is 1. The maximum atomic E-state index is 14.6. The van der Waals surface area contributed by atoms with Crippen molar-refractivity contribution in [3.05, 3.63) is 24.0 Å². The lowest BCUT2D eigenvalue weighted by molar-refractivity contribution is -0.122. The summed E-state index contributed by atoms with van der Waals surface area (Å²) in [6.07, 6.45) is 1.63. The molecule has 1 aromatic rings. The van der Waals surface area contributed by atoms with Crippen LogP contribution in [0.1, 0.15) is 33.6 Å². The summed E-state index contributed by atoms with van der Waals surface area (Å²) < 4.78 is 19.9. The first-order chi connectivity index (χ1) is 11.1. The van der Waals surface area contributed by atoms with Gasteiger partial charge in [0.15, 0.2) is 0 Å². The van der Waals surface area contributed by atoms with E-state index in [1.54, 1.807) is 11.0 Å². The van der Waals surface area contributed by atoms with E-state index >= 15 is 0 Å². The number of anilines is 2. The number of halogens is 1. The van der Waals surface area contributed by atoms with Crippen LogP contribution in [0, 0.1) is 11.7 Å². The average molecular weight is 322 g/mol. The van der Waals surface area contributed by atoms with Crippen LogP contribution in [0.5, 0.6) is 0 Å². The highest BCUT2D eigenvalue weighted by atomic mass is 19.1. The molecule has 1 aliphatic heterocycles. The van der Waals surface area contributed by atoms with E-state index < -0.39 is 0 Å². The van der Waals surface area contributed by atoms with Crippen molar-refractivity contribution in [3.8, 4) is 0 Å². The van der Waals surface area contributed by atoms with Gasteiger partial charge in [0.1, 0.15) is 5.82 Å². The van der Waals surface area contributed by atoms with Crippen molar-refractivity contribution in [3.63, 3.8) is 0 Å². The Morgan fingerprint density at radius 1 is 1.35 bits per heavy atom. The number of morpholine rings is 1. The quantitative estimate of drug-likeness (QED) is 0.804. The molecule has 2 rings (SSSR count). The molecular weight excluding hydrogens is 295 g/mol. The fourth-order valence-electron chi connectivity index (χ4n) is 2.76. The molecule has 0 N–H and O–H groups in total. The molecule has 23 heavy (non-hydrogen) atoms. The summed E-state index contributed by atoms with van der Waals surface area (Å²) in [5.41, 5.74) is 1.23. The molecule has 0 bridgehead atoms. The van der Waals surface area contributed by atoms with E-state index in [0.717, 1.165) is 12.8 Å². The highest BCUT2D eigenvalue weighted by Crippen LogP contribution is 2.27. The van der Waals surface area contributed by atoms with Crippen LogP contribution in [0.3, 0.4) is 0 Å². The predicted molar refractivity (Wildman–Crippen MR) is 91.5 cm³/mol. The maximum Gasteiger partial charge on any atom is 0.229 e. The molecule has 0 aliphatic carbocycles. The Hall–Kier alpha value is -1.62. The molecule has 1 heterocycles. The fraction of sp³-hybridized carbons (Fsp3) is 0.611. The number of amides is 1. The van der Waals surface area contributed by atoms with Crippen LogP contribution in [0.4, 0.5) is 15.8 Å². The van der Waals surface area contributed by atoms with Gasteiger partial charge in [-0.2, -0.15) is 0 Å². The second kappa shape index (κ2) is 8.29. The van der Waals surface area contributed by atoms with Gasteiger partial charge in [-0.25, -0.2) is 4.39 Å². The maximum absolute atomic E-state index is 14.6. The van der Waals surface area contributed by atoms with Crippen LogP contribution in [0.25, 0.3) is 0 Å². The third-order valence-electron chi connectivity index (χ3n) is 4.34. The molecule has 0 radical (unpaired) electrons. The SMILES string of the molecule is CCCN(C(=O)C(C)CC)c1ccc(N2CCOCC2)c(F)c1. The number of benzene rings is 1. The minimum atomic E-state index is -0.276. The molecular formula is C18H27FN2O2. The molecule has 0 spiro atoms. The number of carbonyl (C=O) groups is 1. The van der Waals surface area contributed by atoms with Gasteiger partial charge in [-0.3, -0.25) is 4.79 Å². The van der Waals surface area contributed by atoms with Crippen LogP contribution in [-0.2, 0) is 9.53 Å². The molecule has 1 aliphatic rings. The Labute approximate surface area is 138 Å². The van der Waals surface area contributed by atoms with Crippen molar-refractivity contribution in [1.29, 1.82) is 0 Å².